The van der Waals surface area contributed by atoms with E-state index in [0.717, 1.165) is 44.2 Å². The maximum atomic E-state index is 12.8. The van der Waals surface area contributed by atoms with Crippen LogP contribution in [-0.2, 0) is 4.79 Å². The van der Waals surface area contributed by atoms with E-state index >= 15 is 0 Å². The quantitative estimate of drug-likeness (QED) is 0.869. The summed E-state index contributed by atoms with van der Waals surface area (Å²) in [6, 6.07) is 10.4. The molecule has 1 aromatic carbocycles. The first-order valence-corrected chi connectivity index (χ1v) is 9.19. The van der Waals surface area contributed by atoms with Crippen molar-refractivity contribution in [3.05, 3.63) is 47.5 Å². The van der Waals surface area contributed by atoms with Crippen LogP contribution in [0.25, 0.3) is 0 Å². The third kappa shape index (κ3) is 3.11. The summed E-state index contributed by atoms with van der Waals surface area (Å²) in [6.45, 7) is 3.57. The standard InChI is InChI=1S/C18H21N3OS/c22-17(16-13-15(16)14-5-2-1-3-6-14)20-8-4-9-21(11-10-20)18-19-7-12-23-18/h1-3,5-7,12,15-16H,4,8-11,13H2/t15-,16+/m0/s1. The number of rotatable bonds is 3. The Morgan fingerprint density at radius 1 is 1.13 bits per heavy atom. The van der Waals surface area contributed by atoms with Gasteiger partial charge in [-0.05, 0) is 24.3 Å². The second-order valence-electron chi connectivity index (χ2n) is 6.34. The molecule has 1 aromatic heterocycles. The Morgan fingerprint density at radius 2 is 2.00 bits per heavy atom. The zero-order valence-corrected chi connectivity index (χ0v) is 13.9. The fourth-order valence-corrected chi connectivity index (χ4v) is 4.17. The van der Waals surface area contributed by atoms with Gasteiger partial charge in [0, 0.05) is 43.7 Å². The molecule has 1 aliphatic heterocycles. The highest BCUT2D eigenvalue weighted by Gasteiger charge is 2.45. The Morgan fingerprint density at radius 3 is 2.78 bits per heavy atom. The molecule has 0 bridgehead atoms. The van der Waals surface area contributed by atoms with E-state index in [4.69, 9.17) is 0 Å². The molecule has 2 heterocycles. The third-order valence-corrected chi connectivity index (χ3v) is 5.66. The highest BCUT2D eigenvalue weighted by Crippen LogP contribution is 2.48. The van der Waals surface area contributed by atoms with Gasteiger partial charge in [-0.15, -0.1) is 11.3 Å². The van der Waals surface area contributed by atoms with Crippen molar-refractivity contribution in [2.24, 2.45) is 5.92 Å². The van der Waals surface area contributed by atoms with Gasteiger partial charge in [-0.1, -0.05) is 30.3 Å². The summed E-state index contributed by atoms with van der Waals surface area (Å²) in [5.41, 5.74) is 1.31. The van der Waals surface area contributed by atoms with Crippen LogP contribution in [-0.4, -0.2) is 42.0 Å². The third-order valence-electron chi connectivity index (χ3n) is 4.83. The summed E-state index contributed by atoms with van der Waals surface area (Å²) in [5, 5.41) is 3.09. The van der Waals surface area contributed by atoms with Gasteiger partial charge in [-0.2, -0.15) is 0 Å². The lowest BCUT2D eigenvalue weighted by Crippen LogP contribution is -2.36. The largest absolute Gasteiger partial charge is 0.346 e. The second-order valence-corrected chi connectivity index (χ2v) is 7.21. The van der Waals surface area contributed by atoms with Crippen molar-refractivity contribution in [3.8, 4) is 0 Å². The lowest BCUT2D eigenvalue weighted by molar-refractivity contribution is -0.132. The fourth-order valence-electron chi connectivity index (χ4n) is 3.47. The summed E-state index contributed by atoms with van der Waals surface area (Å²) in [6.07, 6.45) is 3.88. The first-order valence-electron chi connectivity index (χ1n) is 8.31. The van der Waals surface area contributed by atoms with E-state index < -0.39 is 0 Å². The Labute approximate surface area is 140 Å². The van der Waals surface area contributed by atoms with Crippen LogP contribution in [0.5, 0.6) is 0 Å². The minimum Gasteiger partial charge on any atom is -0.346 e. The van der Waals surface area contributed by atoms with Crippen molar-refractivity contribution in [1.29, 1.82) is 0 Å². The lowest BCUT2D eigenvalue weighted by atomic mass is 10.1. The molecule has 5 heteroatoms. The van der Waals surface area contributed by atoms with Crippen LogP contribution in [0.15, 0.2) is 41.9 Å². The Kier molecular flexibility index (Phi) is 4.04. The van der Waals surface area contributed by atoms with E-state index in [2.05, 4.69) is 39.0 Å². The van der Waals surface area contributed by atoms with Gasteiger partial charge in [0.1, 0.15) is 0 Å². The van der Waals surface area contributed by atoms with Crippen LogP contribution in [0.1, 0.15) is 24.3 Å². The second kappa shape index (κ2) is 6.32. The number of benzene rings is 1. The summed E-state index contributed by atoms with van der Waals surface area (Å²) in [7, 11) is 0. The molecule has 120 valence electrons. The molecule has 4 rings (SSSR count). The van der Waals surface area contributed by atoms with Gasteiger partial charge in [0.15, 0.2) is 5.13 Å². The molecule has 0 N–H and O–H groups in total. The molecule has 4 nitrogen and oxygen atoms in total. The van der Waals surface area contributed by atoms with Crippen LogP contribution in [0.2, 0.25) is 0 Å². The van der Waals surface area contributed by atoms with Crippen molar-refractivity contribution >= 4 is 22.4 Å². The molecule has 0 radical (unpaired) electrons. The average Bonchev–Trinajstić information content (AvgIpc) is 3.29. The van der Waals surface area contributed by atoms with E-state index in [1.54, 1.807) is 11.3 Å². The van der Waals surface area contributed by atoms with Crippen molar-refractivity contribution in [2.75, 3.05) is 31.1 Å². The van der Waals surface area contributed by atoms with Crippen molar-refractivity contribution in [2.45, 2.75) is 18.8 Å². The van der Waals surface area contributed by atoms with Gasteiger partial charge in [0.25, 0.3) is 0 Å². The summed E-state index contributed by atoms with van der Waals surface area (Å²) in [4.78, 5) is 21.6. The van der Waals surface area contributed by atoms with E-state index in [9.17, 15) is 4.79 Å². The van der Waals surface area contributed by atoms with Gasteiger partial charge < -0.3 is 9.80 Å². The smallest absolute Gasteiger partial charge is 0.226 e. The van der Waals surface area contributed by atoms with Gasteiger partial charge in [-0.25, -0.2) is 4.98 Å². The number of anilines is 1. The van der Waals surface area contributed by atoms with Crippen LogP contribution in [0, 0.1) is 5.92 Å². The number of aromatic nitrogens is 1. The number of thiazole rings is 1. The number of nitrogens with zero attached hydrogens (tertiary/aromatic N) is 3. The molecule has 2 aliphatic rings. The predicted octanol–water partition coefficient (Wildman–Crippen LogP) is 2.99. The molecule has 1 saturated heterocycles. The molecule has 2 atom stereocenters. The molecule has 1 amide bonds. The number of carbonyl (C=O) groups excluding carboxylic acids is 1. The molecular weight excluding hydrogens is 306 g/mol. The Bertz CT molecular complexity index is 658. The highest BCUT2D eigenvalue weighted by molar-refractivity contribution is 7.13. The van der Waals surface area contributed by atoms with E-state index in [1.165, 1.54) is 5.56 Å². The van der Waals surface area contributed by atoms with Crippen LogP contribution in [0.4, 0.5) is 5.13 Å². The molecule has 0 spiro atoms. The Balaban J connectivity index is 1.37. The van der Waals surface area contributed by atoms with Crippen molar-refractivity contribution < 1.29 is 4.79 Å². The molecule has 2 aromatic rings. The summed E-state index contributed by atoms with van der Waals surface area (Å²) >= 11 is 1.68. The summed E-state index contributed by atoms with van der Waals surface area (Å²) in [5.74, 6) is 0.977. The zero-order chi connectivity index (χ0) is 15.6. The van der Waals surface area contributed by atoms with Gasteiger partial charge in [-0.3, -0.25) is 4.79 Å². The maximum absolute atomic E-state index is 12.8. The molecule has 0 unspecified atom stereocenters. The van der Waals surface area contributed by atoms with E-state index in [0.29, 0.717) is 11.8 Å². The van der Waals surface area contributed by atoms with Gasteiger partial charge >= 0.3 is 0 Å². The number of carbonyl (C=O) groups is 1. The zero-order valence-electron chi connectivity index (χ0n) is 13.1. The van der Waals surface area contributed by atoms with E-state index in [-0.39, 0.29) is 5.92 Å². The van der Waals surface area contributed by atoms with Crippen molar-refractivity contribution in [1.82, 2.24) is 9.88 Å². The number of hydrogen-bond acceptors (Lipinski definition) is 4. The molecule has 2 fully saturated rings. The Hall–Kier alpha value is -1.88. The normalized spacial score (nSPS) is 24.3. The first-order chi connectivity index (χ1) is 11.3. The maximum Gasteiger partial charge on any atom is 0.226 e. The van der Waals surface area contributed by atoms with Crippen LogP contribution >= 0.6 is 11.3 Å². The van der Waals surface area contributed by atoms with E-state index in [1.807, 2.05) is 17.6 Å². The predicted molar refractivity (Wildman–Crippen MR) is 92.8 cm³/mol. The monoisotopic (exact) mass is 327 g/mol. The lowest BCUT2D eigenvalue weighted by Gasteiger charge is -2.22. The van der Waals surface area contributed by atoms with Crippen molar-refractivity contribution in [3.63, 3.8) is 0 Å². The highest BCUT2D eigenvalue weighted by atomic mass is 32.1. The first kappa shape index (κ1) is 14.7. The van der Waals surface area contributed by atoms with Gasteiger partial charge in [0.05, 0.1) is 0 Å². The fraction of sp³-hybridized carbons (Fsp3) is 0.444. The number of amides is 1. The molecule has 23 heavy (non-hydrogen) atoms. The number of hydrogen-bond donors (Lipinski definition) is 0. The van der Waals surface area contributed by atoms with Gasteiger partial charge in [0.2, 0.25) is 5.91 Å². The average molecular weight is 327 g/mol. The van der Waals surface area contributed by atoms with Crippen LogP contribution in [0.3, 0.4) is 0 Å². The molecule has 1 aliphatic carbocycles. The molecule has 1 saturated carbocycles. The minimum absolute atomic E-state index is 0.198. The topological polar surface area (TPSA) is 36.4 Å². The molecular formula is C18H21N3OS. The van der Waals surface area contributed by atoms with Crippen LogP contribution < -0.4 is 4.90 Å². The summed E-state index contributed by atoms with van der Waals surface area (Å²) < 4.78 is 0. The minimum atomic E-state index is 0.198. The SMILES string of the molecule is O=C([C@@H]1C[C@H]1c1ccccc1)N1CCCN(c2nccs2)CC1.